The molecule has 1 aliphatic rings. The molecule has 0 fully saturated rings. The second kappa shape index (κ2) is 19.4. The third kappa shape index (κ3) is 7.92. The summed E-state index contributed by atoms with van der Waals surface area (Å²) in [5.41, 5.74) is -1.93. The van der Waals surface area contributed by atoms with Crippen molar-refractivity contribution in [3.8, 4) is 62.1 Å². The molecular weight excluding hydrogens is 1150 g/mol. The maximum Gasteiger partial charge on any atom is 0.253 e. The molecule has 0 saturated heterocycles. The average molecular weight is 1230 g/mol. The van der Waals surface area contributed by atoms with Gasteiger partial charge in [-0.3, -0.25) is 0 Å². The Bertz CT molecular complexity index is 5550. The Kier molecular flexibility index (Phi) is 6.86. The van der Waals surface area contributed by atoms with E-state index in [1.807, 2.05) is 30.3 Å². The van der Waals surface area contributed by atoms with Gasteiger partial charge in [-0.25, -0.2) is 9.55 Å². The summed E-state index contributed by atoms with van der Waals surface area (Å²) in [7, 11) is -5.93. The molecule has 0 spiro atoms. The van der Waals surface area contributed by atoms with Gasteiger partial charge in [-0.15, -0.1) is 29.7 Å². The molecule has 5 nitrogen and oxygen atoms in total. The number of aryl methyl sites for hydroxylation is 1. The standard InChI is InChI=1S/C71H53N4OSi.Pt/c1-48-41-42-72-68(43-48)75-65-35-17-16-31-59(65)60-39-37-51(45-67(60)75)76-50-22-18-21-49(44-50)73-47-74-69-62(32-19-34-64(69)71(2,3)4)63-46-55(38-40-58(63)56-29-14-15-30-57(56)61-33-20-36-66(73)70(61)74)77(52-23-8-5-9-24-52,53-25-10-6-11-26-53)54-27-12-7-13-28-54;/h5-43,46-47H,1-4H3;/q-1;/i1D3,2D3,3D3,4D3,5D,6D,7D,8D,9D,10D,11D,12D,13D,23D,24D,25D,26D,27D,28D;. The molecule has 78 heavy (non-hydrogen) atoms. The van der Waals surface area contributed by atoms with Crippen molar-refractivity contribution in [1.29, 1.82) is 0 Å². The van der Waals surface area contributed by atoms with Gasteiger partial charge < -0.3 is 9.30 Å². The summed E-state index contributed by atoms with van der Waals surface area (Å²) in [5.74, 6) is 0.589. The molecule has 4 heterocycles. The number of para-hydroxylation sites is 3. The summed E-state index contributed by atoms with van der Waals surface area (Å²) in [6.07, 6.45) is 2.88. The fraction of sp³-hybridized carbons (Fsp3) is 0.0704. The van der Waals surface area contributed by atoms with Crippen molar-refractivity contribution in [3.05, 3.63) is 272 Å². The van der Waals surface area contributed by atoms with Crippen LogP contribution in [0.2, 0.25) is 0 Å². The minimum absolute atomic E-state index is 0. The van der Waals surface area contributed by atoms with Crippen LogP contribution >= 0.6 is 0 Å². The van der Waals surface area contributed by atoms with Crippen molar-refractivity contribution < 1.29 is 67.4 Å². The summed E-state index contributed by atoms with van der Waals surface area (Å²) >= 11 is 0. The first-order valence-electron chi connectivity index (χ1n) is 37.7. The molecule has 0 aliphatic carbocycles. The topological polar surface area (TPSA) is 35.9 Å². The number of hydrogen-bond acceptors (Lipinski definition) is 2. The van der Waals surface area contributed by atoms with Crippen LogP contribution in [-0.2, 0) is 26.5 Å². The van der Waals surface area contributed by atoms with Crippen LogP contribution in [0.25, 0.3) is 83.4 Å². The number of fused-ring (bicyclic) bond motifs is 10. The molecule has 3 aromatic heterocycles. The van der Waals surface area contributed by atoms with Gasteiger partial charge in [0.2, 0.25) is 0 Å². The van der Waals surface area contributed by atoms with Gasteiger partial charge in [-0.2, -0.15) is 16.7 Å². The molecular formula is C71H53N4OPtSi-. The van der Waals surface area contributed by atoms with E-state index in [0.717, 1.165) is 16.8 Å². The van der Waals surface area contributed by atoms with Crippen LogP contribution in [0.4, 0.5) is 0 Å². The van der Waals surface area contributed by atoms with Crippen LogP contribution in [0.3, 0.4) is 0 Å². The number of ether oxygens (including phenoxy) is 1. The van der Waals surface area contributed by atoms with Crippen molar-refractivity contribution in [2.75, 3.05) is 0 Å². The SMILES string of the molecule is [2H]c1c([2H])c([2H])c([Si](c2ccc3c(c2)-c2cccc(C(C([2H])([2H])[2H])(C([2H])([2H])[2H])C([2H])([2H])[2H])c2-[n+]2cn(-c4[c-]c(Oc5[c-]c6c(cc5)c5ccccc5n6-c5cc(C([2H])([2H])[2H])ccn5)ccc4)c4cccc(c42)-c2ccccc2-3)(c2c([2H])c([2H])c([2H])c([2H])c2[2H])c2c([2H])c([2H])c([2H])c([2H])c2[2H])c([2H])c1[2H].[Pt]. The monoisotopic (exact) mass is 1230 g/mol. The maximum atomic E-state index is 9.84. The van der Waals surface area contributed by atoms with Gasteiger partial charge in [0.1, 0.15) is 11.5 Å². The predicted molar refractivity (Wildman–Crippen MR) is 318 cm³/mol. The molecule has 0 atom stereocenters. The normalized spacial score (nSPS) is 17.6. The summed E-state index contributed by atoms with van der Waals surface area (Å²) in [6, 6.07) is 30.0. The molecule has 1 aliphatic heterocycles. The number of imidazole rings is 1. The van der Waals surface area contributed by atoms with Crippen molar-refractivity contribution in [3.63, 3.8) is 0 Å². The molecule has 0 N–H and O–H groups in total. The molecule has 10 aromatic carbocycles. The van der Waals surface area contributed by atoms with Crippen LogP contribution < -0.4 is 30.1 Å². The zero-order valence-corrected chi connectivity index (χ0v) is 43.8. The fourth-order valence-electron chi connectivity index (χ4n) is 10.9. The number of benzene rings is 10. The van der Waals surface area contributed by atoms with E-state index in [9.17, 15) is 28.8 Å². The van der Waals surface area contributed by atoms with E-state index < -0.39 is 158 Å². The van der Waals surface area contributed by atoms with Crippen molar-refractivity contribution in [1.82, 2.24) is 14.1 Å². The minimum atomic E-state index is -5.93. The summed E-state index contributed by atoms with van der Waals surface area (Å²) < 4.78 is 260. The van der Waals surface area contributed by atoms with Crippen LogP contribution in [0.1, 0.15) is 68.7 Å². The van der Waals surface area contributed by atoms with E-state index in [4.69, 9.17) is 13.0 Å². The molecule has 0 bridgehead atoms. The number of nitrogens with zero attached hydrogens (tertiary/aromatic N) is 4. The quantitative estimate of drug-likeness (QED) is 0.0658. The van der Waals surface area contributed by atoms with E-state index in [1.54, 1.807) is 75.9 Å². The van der Waals surface area contributed by atoms with Gasteiger partial charge >= 0.3 is 0 Å². The largest absolute Gasteiger partial charge is 0.509 e. The Hall–Kier alpha value is -8.67. The zero-order chi connectivity index (χ0) is 74.9. The Labute approximate surface area is 508 Å². The van der Waals surface area contributed by atoms with Crippen molar-refractivity contribution in [2.24, 2.45) is 0 Å². The van der Waals surface area contributed by atoms with E-state index in [1.165, 1.54) is 59.6 Å². The van der Waals surface area contributed by atoms with Gasteiger partial charge in [0, 0.05) is 83.1 Å². The summed E-state index contributed by atoms with van der Waals surface area (Å²) in [4.78, 5) is 4.57. The molecule has 0 amide bonds. The fourth-order valence-corrected chi connectivity index (χ4v) is 14.7. The second-order valence-electron chi connectivity index (χ2n) is 18.4. The van der Waals surface area contributed by atoms with Gasteiger partial charge in [0.15, 0.2) is 19.1 Å². The number of rotatable bonds is 8. The van der Waals surface area contributed by atoms with Gasteiger partial charge in [0.25, 0.3) is 6.33 Å². The summed E-state index contributed by atoms with van der Waals surface area (Å²) in [5, 5.41) is -1.26. The number of aromatic nitrogens is 4. The van der Waals surface area contributed by atoms with E-state index >= 15 is 0 Å². The molecule has 14 rings (SSSR count). The van der Waals surface area contributed by atoms with Gasteiger partial charge in [-0.05, 0) is 96.5 Å². The van der Waals surface area contributed by atoms with E-state index in [-0.39, 0.29) is 71.2 Å². The van der Waals surface area contributed by atoms with E-state index in [2.05, 4.69) is 17.1 Å². The predicted octanol–water partition coefficient (Wildman–Crippen LogP) is 14.1. The van der Waals surface area contributed by atoms with Crippen LogP contribution in [0.15, 0.2) is 249 Å². The Morgan fingerprint density at radius 1 is 0.551 bits per heavy atom. The van der Waals surface area contributed by atoms with Crippen LogP contribution in [0, 0.1) is 19.0 Å². The second-order valence-corrected chi connectivity index (χ2v) is 22.0. The van der Waals surface area contributed by atoms with Crippen molar-refractivity contribution in [2.45, 2.75) is 32.8 Å². The number of pyridine rings is 1. The number of hydrogen-bond donors (Lipinski definition) is 0. The van der Waals surface area contributed by atoms with Crippen molar-refractivity contribution >= 4 is 61.7 Å². The average Bonchev–Trinajstić information content (AvgIpc) is 1.17. The molecule has 378 valence electrons. The Balaban J connectivity index is 0.00000978. The van der Waals surface area contributed by atoms with E-state index in [0.29, 0.717) is 39.1 Å². The minimum Gasteiger partial charge on any atom is -0.509 e. The molecule has 7 heteroatoms. The first kappa shape index (κ1) is 27.6. The molecule has 0 radical (unpaired) electrons. The smallest absolute Gasteiger partial charge is 0.253 e. The molecule has 0 saturated carbocycles. The summed E-state index contributed by atoms with van der Waals surface area (Å²) in [6.45, 7) is -14.3. The Morgan fingerprint density at radius 2 is 1.18 bits per heavy atom. The van der Waals surface area contributed by atoms with Crippen LogP contribution in [-0.4, -0.2) is 22.2 Å². The maximum absolute atomic E-state index is 9.84. The third-order valence-corrected chi connectivity index (χ3v) is 18.2. The zero-order valence-electron chi connectivity index (χ0n) is 67.5. The first-order valence-corrected chi connectivity index (χ1v) is 26.2. The molecule has 13 aromatic rings. The van der Waals surface area contributed by atoms with Crippen LogP contribution in [0.5, 0.6) is 11.5 Å². The first-order chi connectivity index (χ1) is 48.9. The van der Waals surface area contributed by atoms with Gasteiger partial charge in [-0.1, -0.05) is 208 Å². The third-order valence-electron chi connectivity index (χ3n) is 14.1. The van der Waals surface area contributed by atoms with Gasteiger partial charge in [0.05, 0.1) is 20.6 Å². The Morgan fingerprint density at radius 3 is 1.91 bits per heavy atom. The molecule has 0 unspecified atom stereocenters.